The Balaban J connectivity index is 0.0000130. The molecule has 2 aliphatic heterocycles. The van der Waals surface area contributed by atoms with E-state index in [1.807, 2.05) is 0 Å². The summed E-state index contributed by atoms with van der Waals surface area (Å²) in [5.74, 6) is -48.7. The number of aromatic amines is 2. The van der Waals surface area contributed by atoms with Crippen molar-refractivity contribution >= 4 is 70.2 Å². The maximum atomic E-state index is 17.1. The minimum Gasteiger partial charge on any atom is -0.484 e. The molecule has 4 aromatic carbocycles. The third kappa shape index (κ3) is 14.9. The number of ether oxygens (including phenoxy) is 8. The molecule has 16 nitrogen and oxygen atoms in total. The molecule has 101 heavy (non-hydrogen) atoms. The van der Waals surface area contributed by atoms with Crippen molar-refractivity contribution in [1.29, 1.82) is 0 Å². The number of nitrogens with zero attached hydrogens (tertiary/aromatic N) is 2. The smallest absolute Gasteiger partial charge is 0.484 e. The Morgan fingerprint density at radius 3 is 0.624 bits per heavy atom. The summed E-state index contributed by atoms with van der Waals surface area (Å²) >= 11 is 0. The molecule has 528 valence electrons. The van der Waals surface area contributed by atoms with Gasteiger partial charge >= 0.3 is 44.9 Å². The molecule has 7 aromatic rings. The maximum Gasteiger partial charge on any atom is 4.00 e. The number of carbonyl (C=O) groups is 4. The van der Waals surface area contributed by atoms with E-state index in [4.69, 9.17) is 37.9 Å². The maximum absolute atomic E-state index is 17.1. The summed E-state index contributed by atoms with van der Waals surface area (Å²) in [6.45, 7) is 11.2. The Kier molecular flexibility index (Phi) is 23.4. The van der Waals surface area contributed by atoms with Crippen molar-refractivity contribution in [1.82, 2.24) is 19.9 Å². The molecule has 9 rings (SSSR count). The summed E-state index contributed by atoms with van der Waals surface area (Å²) in [5.41, 5.74) is -20.0. The van der Waals surface area contributed by atoms with Gasteiger partial charge in [-0.3, -0.25) is 0 Å². The monoisotopic (exact) mass is 1610 g/mol. The molecule has 0 amide bonds. The number of fused-ring (bicyclic) bond motifs is 8. The van der Waals surface area contributed by atoms with Crippen molar-refractivity contribution in [3.63, 3.8) is 0 Å². The second-order valence-electron chi connectivity index (χ2n) is 21.4. The summed E-state index contributed by atoms with van der Waals surface area (Å²) in [6, 6.07) is 2.87. The van der Waals surface area contributed by atoms with E-state index in [2.05, 4.69) is 46.3 Å². The van der Waals surface area contributed by atoms with Crippen LogP contribution < -0.4 is 18.9 Å². The van der Waals surface area contributed by atoms with Crippen LogP contribution in [0.3, 0.4) is 0 Å². The first-order valence-corrected chi connectivity index (χ1v) is 28.7. The Labute approximate surface area is 573 Å². The van der Waals surface area contributed by atoms with Crippen LogP contribution >= 0.6 is 0 Å². The van der Waals surface area contributed by atoms with Gasteiger partial charge in [-0.1, -0.05) is 26.3 Å². The van der Waals surface area contributed by atoms with Crippen LogP contribution in [0.1, 0.15) is 50.5 Å². The van der Waals surface area contributed by atoms with Crippen LogP contribution in [0.4, 0.5) is 70.2 Å². The van der Waals surface area contributed by atoms with Gasteiger partial charge in [-0.15, -0.1) is 0 Å². The van der Waals surface area contributed by atoms with E-state index >= 15 is 70.2 Å². The third-order valence-electron chi connectivity index (χ3n) is 14.3. The molecule has 3 aromatic heterocycles. The third-order valence-corrected chi connectivity index (χ3v) is 14.3. The fourth-order valence-corrected chi connectivity index (χ4v) is 9.69. The van der Waals surface area contributed by atoms with Gasteiger partial charge in [-0.2, -0.15) is 35.1 Å². The fourth-order valence-electron chi connectivity index (χ4n) is 9.69. The summed E-state index contributed by atoms with van der Waals surface area (Å²) in [5, 5.41) is 0. The van der Waals surface area contributed by atoms with Crippen LogP contribution in [-0.4, -0.2) is 96.7 Å². The summed E-state index contributed by atoms with van der Waals surface area (Å²) in [4.78, 5) is 61.1. The predicted octanol–water partition coefficient (Wildman–Crippen LogP) is 15.5. The Bertz CT molecular complexity index is 4240. The second-order valence-corrected chi connectivity index (χ2v) is 21.4. The van der Waals surface area contributed by atoms with Crippen LogP contribution in [0, 0.1) is 93.1 Å². The van der Waals surface area contributed by atoms with Gasteiger partial charge in [0, 0.05) is 66.6 Å². The van der Waals surface area contributed by atoms with Gasteiger partial charge in [-0.25, -0.2) is 64.3 Å². The molecular formula is C68H46F16N4O12Pt+4. The van der Waals surface area contributed by atoms with Crippen LogP contribution in [0.15, 0.2) is 72.9 Å². The van der Waals surface area contributed by atoms with Gasteiger partial charge in [-0.05, 0) is 76.3 Å². The first-order chi connectivity index (χ1) is 47.3. The standard InChI is InChI=1S/C68H46F16N4O12.Pt/c1-25(2)65(89)97-21-17-93-61-53(77)45(69)41(46(70)54(61)78)37-29-9-11-31(85-29)38(42-47(71)55(79)62(56(80)48(42)72)94-18-22-98-66(90)26(3)4)33-13-15-35(87-33)40(44-51(75)59(83)64(60(84)52(44)76)96-20-24-100-68(92)28(7)8)36-16-14-34(88-36)39(32-12-10-30(37)86-32)43-49(73)57(81)63(58(82)50(43)74)95-19-23-99-67(91)27(5)6;/h9-16,85,88H,1,3,5,7,17-24H2,2,4,6,8H3;/q;+4. The Morgan fingerprint density at radius 1 is 0.297 bits per heavy atom. The van der Waals surface area contributed by atoms with Crippen molar-refractivity contribution in [2.24, 2.45) is 0 Å². The number of benzene rings is 4. The number of H-pyrrole nitrogens is 2. The minimum absolute atomic E-state index is 0. The van der Waals surface area contributed by atoms with E-state index < -0.39 is 282 Å². The normalized spacial score (nSPS) is 11.4. The molecule has 0 unspecified atom stereocenters. The van der Waals surface area contributed by atoms with Gasteiger partial charge in [0.05, 0.1) is 45.0 Å². The van der Waals surface area contributed by atoms with E-state index in [9.17, 15) is 19.2 Å². The molecule has 8 bridgehead atoms. The van der Waals surface area contributed by atoms with E-state index in [-0.39, 0.29) is 43.4 Å². The summed E-state index contributed by atoms with van der Waals surface area (Å²) < 4.78 is 307. The zero-order chi connectivity index (χ0) is 73.2. The average molecular weight is 1610 g/mol. The van der Waals surface area contributed by atoms with E-state index in [0.717, 1.165) is 0 Å². The predicted molar refractivity (Wildman–Crippen MR) is 325 cm³/mol. The first-order valence-electron chi connectivity index (χ1n) is 28.7. The molecule has 0 spiro atoms. The molecule has 0 aliphatic carbocycles. The molecule has 2 aliphatic rings. The number of rotatable bonds is 24. The SMILES string of the molecule is C=C(C)C(=O)OCCOc1c(F)c(F)c(-c2c3nc(c(-c4c(F)c(F)c(OCCOC(=O)C(=C)C)c(F)c4F)c4ccc([nH]4)c(-c4c(F)c(F)c(OCCOC(=O)C(=C)C)c(F)c4F)c4nc(c(-c5c(F)c(F)c(OCCOC(=O)C(=C)C)c(F)c5F)c5ccc2[nH]5)C=C4)C=C3)c(F)c1F.[Pt+4]. The largest absolute Gasteiger partial charge is 4.00 e. The number of aromatic nitrogens is 4. The number of esters is 4. The van der Waals surface area contributed by atoms with E-state index in [1.165, 1.54) is 27.7 Å². The molecule has 0 fully saturated rings. The Hall–Kier alpha value is -10.9. The van der Waals surface area contributed by atoms with Crippen molar-refractivity contribution in [2.45, 2.75) is 27.7 Å². The fraction of sp³-hybridized carbons (Fsp3) is 0.176. The zero-order valence-corrected chi connectivity index (χ0v) is 54.5. The molecule has 2 N–H and O–H groups in total. The van der Waals surface area contributed by atoms with Crippen molar-refractivity contribution in [3.05, 3.63) is 189 Å². The van der Waals surface area contributed by atoms with Crippen LogP contribution in [-0.2, 0) is 59.2 Å². The molecule has 0 radical (unpaired) electrons. The number of hydrogen-bond donors (Lipinski definition) is 2. The molecule has 0 saturated carbocycles. The molecule has 0 saturated heterocycles. The zero-order valence-electron chi connectivity index (χ0n) is 52.3. The van der Waals surface area contributed by atoms with Gasteiger partial charge in [0.1, 0.15) is 52.9 Å². The molecule has 33 heteroatoms. The van der Waals surface area contributed by atoms with E-state index in [0.29, 0.717) is 48.6 Å². The summed E-state index contributed by atoms with van der Waals surface area (Å²) in [7, 11) is 0. The Morgan fingerprint density at radius 2 is 0.465 bits per heavy atom. The molecular weight excluding hydrogens is 1560 g/mol. The van der Waals surface area contributed by atoms with Gasteiger partial charge in [0.2, 0.25) is 46.5 Å². The first kappa shape index (κ1) is 75.9. The minimum atomic E-state index is -2.36. The number of nitrogens with one attached hydrogen (secondary N) is 2. The quantitative estimate of drug-likeness (QED) is 0.0145. The van der Waals surface area contributed by atoms with Crippen molar-refractivity contribution in [3.8, 4) is 67.5 Å². The molecule has 5 heterocycles. The topological polar surface area (TPSA) is 199 Å². The van der Waals surface area contributed by atoms with Crippen LogP contribution in [0.25, 0.3) is 90.9 Å². The van der Waals surface area contributed by atoms with Crippen LogP contribution in [0.2, 0.25) is 0 Å². The summed E-state index contributed by atoms with van der Waals surface area (Å²) in [6.07, 6.45) is 2.75. The van der Waals surface area contributed by atoms with Crippen LogP contribution in [0.5, 0.6) is 23.0 Å². The number of hydrogen-bond acceptors (Lipinski definition) is 14. The van der Waals surface area contributed by atoms with Gasteiger partial charge in [0.15, 0.2) is 69.5 Å². The van der Waals surface area contributed by atoms with Gasteiger partial charge in [0.25, 0.3) is 0 Å². The molecule has 0 atom stereocenters. The number of carbonyl (C=O) groups excluding carboxylic acids is 4. The van der Waals surface area contributed by atoms with Gasteiger partial charge < -0.3 is 47.9 Å². The average Bonchev–Trinajstić information content (AvgIpc) is 1.67. The number of halogens is 16. The van der Waals surface area contributed by atoms with E-state index in [1.54, 1.807) is 0 Å². The second kappa shape index (κ2) is 31.1. The van der Waals surface area contributed by atoms with Crippen molar-refractivity contribution in [2.75, 3.05) is 52.9 Å². The van der Waals surface area contributed by atoms with Crippen molar-refractivity contribution < 1.29 is 148 Å².